The highest BCUT2D eigenvalue weighted by molar-refractivity contribution is 6.34. The van der Waals surface area contributed by atoms with Gasteiger partial charge in [0.2, 0.25) is 11.8 Å². The molecule has 21 heavy (non-hydrogen) atoms. The summed E-state index contributed by atoms with van der Waals surface area (Å²) in [6.07, 6.45) is 2.65. The van der Waals surface area contributed by atoms with Gasteiger partial charge in [0.15, 0.2) is 0 Å². The monoisotopic (exact) mass is 330 g/mol. The summed E-state index contributed by atoms with van der Waals surface area (Å²) in [4.78, 5) is 32.9. The van der Waals surface area contributed by atoms with E-state index in [9.17, 15) is 14.4 Å². The number of amides is 2. The minimum Gasteiger partial charge on any atom is -0.480 e. The third kappa shape index (κ3) is 6.78. The second kappa shape index (κ2) is 8.28. The molecule has 0 saturated heterocycles. The maximum absolute atomic E-state index is 11.5. The number of halogens is 2. The molecule has 0 atom stereocenters. The van der Waals surface area contributed by atoms with Gasteiger partial charge in [-0.3, -0.25) is 14.4 Å². The first-order valence-electron chi connectivity index (χ1n) is 5.78. The Hall–Kier alpha value is -2.05. The third-order valence-corrected chi connectivity index (χ3v) is 2.81. The molecule has 0 aliphatic carbocycles. The fourth-order valence-corrected chi connectivity index (χ4v) is 1.63. The van der Waals surface area contributed by atoms with Crippen LogP contribution in [0.15, 0.2) is 24.3 Å². The number of nitrogens with one attached hydrogen (secondary N) is 2. The van der Waals surface area contributed by atoms with Gasteiger partial charge in [0.1, 0.15) is 6.54 Å². The molecular weight excluding hydrogens is 319 g/mol. The molecule has 0 heterocycles. The largest absolute Gasteiger partial charge is 0.480 e. The van der Waals surface area contributed by atoms with Gasteiger partial charge in [0.05, 0.1) is 6.54 Å². The van der Waals surface area contributed by atoms with Crippen LogP contribution >= 0.6 is 23.2 Å². The van der Waals surface area contributed by atoms with Crippen LogP contribution in [0.5, 0.6) is 0 Å². The van der Waals surface area contributed by atoms with Crippen molar-refractivity contribution in [3.05, 3.63) is 39.9 Å². The van der Waals surface area contributed by atoms with E-state index >= 15 is 0 Å². The molecule has 0 spiro atoms. The Labute approximate surface area is 130 Å². The van der Waals surface area contributed by atoms with Gasteiger partial charge in [0.25, 0.3) is 0 Å². The van der Waals surface area contributed by atoms with E-state index in [4.69, 9.17) is 28.3 Å². The lowest BCUT2D eigenvalue weighted by molar-refractivity contribution is -0.137. The van der Waals surface area contributed by atoms with Gasteiger partial charge in [-0.25, -0.2) is 0 Å². The van der Waals surface area contributed by atoms with Crippen LogP contribution in [-0.2, 0) is 14.4 Å². The number of carboxylic acids is 1. The van der Waals surface area contributed by atoms with Gasteiger partial charge in [-0.2, -0.15) is 0 Å². The molecule has 0 aromatic heterocycles. The zero-order valence-electron chi connectivity index (χ0n) is 10.7. The number of hydrogen-bond acceptors (Lipinski definition) is 3. The van der Waals surface area contributed by atoms with E-state index in [2.05, 4.69) is 10.6 Å². The molecular formula is C13H12Cl2N2O4. The standard InChI is InChI=1S/C13H12Cl2N2O4/c14-9-2-3-10(15)8(5-9)1-4-11(18)16-6-12(19)17-7-13(20)21/h1-5H,6-7H2,(H,16,18)(H,17,19)(H,20,21)/b4-1+. The highest BCUT2D eigenvalue weighted by Gasteiger charge is 2.05. The van der Waals surface area contributed by atoms with Crippen LogP contribution in [0.3, 0.4) is 0 Å². The van der Waals surface area contributed by atoms with Crippen molar-refractivity contribution in [3.8, 4) is 0 Å². The van der Waals surface area contributed by atoms with Crippen LogP contribution in [0, 0.1) is 0 Å². The second-order valence-electron chi connectivity index (χ2n) is 3.89. The van der Waals surface area contributed by atoms with E-state index in [1.54, 1.807) is 18.2 Å². The molecule has 0 saturated carbocycles. The first-order valence-corrected chi connectivity index (χ1v) is 6.53. The van der Waals surface area contributed by atoms with Crippen molar-refractivity contribution < 1.29 is 19.5 Å². The molecule has 1 aromatic carbocycles. The topological polar surface area (TPSA) is 95.5 Å². The van der Waals surface area contributed by atoms with Gasteiger partial charge in [-0.1, -0.05) is 23.2 Å². The maximum Gasteiger partial charge on any atom is 0.322 e. The molecule has 6 nitrogen and oxygen atoms in total. The number of carbonyl (C=O) groups is 3. The number of rotatable bonds is 6. The first-order chi connectivity index (χ1) is 9.88. The van der Waals surface area contributed by atoms with Crippen molar-refractivity contribution in [2.75, 3.05) is 13.1 Å². The maximum atomic E-state index is 11.5. The van der Waals surface area contributed by atoms with Gasteiger partial charge in [-0.05, 0) is 29.8 Å². The van der Waals surface area contributed by atoms with E-state index in [-0.39, 0.29) is 6.54 Å². The van der Waals surface area contributed by atoms with Crippen LogP contribution in [0.4, 0.5) is 0 Å². The smallest absolute Gasteiger partial charge is 0.322 e. The third-order valence-electron chi connectivity index (χ3n) is 2.23. The van der Waals surface area contributed by atoms with E-state index in [0.717, 1.165) is 0 Å². The minimum atomic E-state index is -1.16. The molecule has 8 heteroatoms. The molecule has 3 N–H and O–H groups in total. The molecule has 0 fully saturated rings. The summed E-state index contributed by atoms with van der Waals surface area (Å²) < 4.78 is 0. The average molecular weight is 331 g/mol. The summed E-state index contributed by atoms with van der Waals surface area (Å²) in [6.45, 7) is -0.817. The van der Waals surface area contributed by atoms with E-state index < -0.39 is 24.3 Å². The Balaban J connectivity index is 2.46. The predicted molar refractivity (Wildman–Crippen MR) is 79.2 cm³/mol. The molecule has 0 aliphatic heterocycles. The summed E-state index contributed by atoms with van der Waals surface area (Å²) >= 11 is 11.7. The lowest BCUT2D eigenvalue weighted by Crippen LogP contribution is -2.38. The SMILES string of the molecule is O=C(O)CNC(=O)CNC(=O)/C=C/c1cc(Cl)ccc1Cl. The molecule has 1 aromatic rings. The van der Waals surface area contributed by atoms with Crippen LogP contribution < -0.4 is 10.6 Å². The summed E-state index contributed by atoms with van der Waals surface area (Å²) in [5.41, 5.74) is 0.564. The quantitative estimate of drug-likeness (QED) is 0.685. The molecule has 0 radical (unpaired) electrons. The summed E-state index contributed by atoms with van der Waals surface area (Å²) in [5, 5.41) is 13.7. The molecule has 0 bridgehead atoms. The molecule has 0 aliphatic rings. The number of aliphatic carboxylic acids is 1. The van der Waals surface area contributed by atoms with Crippen molar-refractivity contribution in [3.63, 3.8) is 0 Å². The van der Waals surface area contributed by atoms with Crippen molar-refractivity contribution in [1.82, 2.24) is 10.6 Å². The van der Waals surface area contributed by atoms with Crippen LogP contribution in [0.1, 0.15) is 5.56 Å². The number of carboxylic acid groups (broad SMARTS) is 1. The van der Waals surface area contributed by atoms with Crippen LogP contribution in [0.2, 0.25) is 10.0 Å². The molecule has 112 valence electrons. The van der Waals surface area contributed by atoms with Crippen LogP contribution in [-0.4, -0.2) is 36.0 Å². The number of hydrogen-bond donors (Lipinski definition) is 3. The lowest BCUT2D eigenvalue weighted by Gasteiger charge is -2.03. The predicted octanol–water partition coefficient (Wildman–Crippen LogP) is 1.32. The lowest BCUT2D eigenvalue weighted by atomic mass is 10.2. The fraction of sp³-hybridized carbons (Fsp3) is 0.154. The van der Waals surface area contributed by atoms with Gasteiger partial charge >= 0.3 is 5.97 Å². The van der Waals surface area contributed by atoms with E-state index in [1.165, 1.54) is 12.2 Å². The molecule has 2 amide bonds. The van der Waals surface area contributed by atoms with Gasteiger partial charge < -0.3 is 15.7 Å². The minimum absolute atomic E-state index is 0.320. The molecule has 0 unspecified atom stereocenters. The van der Waals surface area contributed by atoms with E-state index in [1.807, 2.05) is 0 Å². The Kier molecular flexibility index (Phi) is 6.71. The van der Waals surface area contributed by atoms with Crippen molar-refractivity contribution in [2.45, 2.75) is 0 Å². The molecule has 1 rings (SSSR count). The number of benzene rings is 1. The highest BCUT2D eigenvalue weighted by atomic mass is 35.5. The zero-order chi connectivity index (χ0) is 15.8. The van der Waals surface area contributed by atoms with E-state index in [0.29, 0.717) is 15.6 Å². The number of carbonyl (C=O) groups excluding carboxylic acids is 2. The average Bonchev–Trinajstić information content (AvgIpc) is 2.43. The second-order valence-corrected chi connectivity index (χ2v) is 4.73. The fourth-order valence-electron chi connectivity index (χ4n) is 1.27. The summed E-state index contributed by atoms with van der Waals surface area (Å²) in [5.74, 6) is -2.28. The first kappa shape index (κ1) is 17.0. The van der Waals surface area contributed by atoms with Gasteiger partial charge in [-0.15, -0.1) is 0 Å². The van der Waals surface area contributed by atoms with Crippen molar-refractivity contribution in [1.29, 1.82) is 0 Å². The zero-order valence-corrected chi connectivity index (χ0v) is 12.2. The normalized spacial score (nSPS) is 10.4. The van der Waals surface area contributed by atoms with Gasteiger partial charge in [0, 0.05) is 16.1 Å². The Bertz CT molecular complexity index is 588. The van der Waals surface area contributed by atoms with Crippen molar-refractivity contribution in [2.24, 2.45) is 0 Å². The Morgan fingerprint density at radius 2 is 1.86 bits per heavy atom. The Morgan fingerprint density at radius 3 is 2.52 bits per heavy atom. The van der Waals surface area contributed by atoms with Crippen molar-refractivity contribution >= 4 is 47.1 Å². The van der Waals surface area contributed by atoms with Crippen LogP contribution in [0.25, 0.3) is 6.08 Å². The summed E-state index contributed by atoms with van der Waals surface area (Å²) in [6, 6.07) is 4.81. The highest BCUT2D eigenvalue weighted by Crippen LogP contribution is 2.21. The summed E-state index contributed by atoms with van der Waals surface area (Å²) in [7, 11) is 0. The Morgan fingerprint density at radius 1 is 1.14 bits per heavy atom.